The Kier molecular flexibility index (Phi) is 4.26. The molecule has 0 aliphatic heterocycles. The molecular formula is C10H16N2O. The van der Waals surface area contributed by atoms with Crippen molar-refractivity contribution in [2.45, 2.75) is 19.9 Å². The molecule has 0 amide bonds. The summed E-state index contributed by atoms with van der Waals surface area (Å²) in [5.74, 6) is 0.714. The smallest absolute Gasteiger partial charge is 0.217 e. The molecule has 3 nitrogen and oxygen atoms in total. The third kappa shape index (κ3) is 3.03. The molecule has 1 aromatic heterocycles. The Bertz CT molecular complexity index is 250. The largest absolute Gasteiger partial charge is 0.481 e. The van der Waals surface area contributed by atoms with Crippen molar-refractivity contribution in [3.05, 3.63) is 23.9 Å². The molecule has 0 radical (unpaired) electrons. The molecule has 0 saturated carbocycles. The SMILES string of the molecule is CCCNCc1cccnc1OC. The Morgan fingerprint density at radius 3 is 3.08 bits per heavy atom. The Labute approximate surface area is 79.1 Å². The number of rotatable bonds is 5. The molecule has 72 valence electrons. The highest BCUT2D eigenvalue weighted by Gasteiger charge is 2.00. The molecule has 0 bridgehead atoms. The predicted octanol–water partition coefficient (Wildman–Crippen LogP) is 1.59. The van der Waals surface area contributed by atoms with E-state index >= 15 is 0 Å². The maximum absolute atomic E-state index is 5.12. The second kappa shape index (κ2) is 5.54. The summed E-state index contributed by atoms with van der Waals surface area (Å²) >= 11 is 0. The summed E-state index contributed by atoms with van der Waals surface area (Å²) in [5.41, 5.74) is 1.11. The lowest BCUT2D eigenvalue weighted by atomic mass is 10.2. The van der Waals surface area contributed by atoms with Crippen LogP contribution in [-0.2, 0) is 6.54 Å². The maximum Gasteiger partial charge on any atom is 0.217 e. The standard InChI is InChI=1S/C10H16N2O/c1-3-6-11-8-9-5-4-7-12-10(9)13-2/h4-5,7,11H,3,6,8H2,1-2H3. The second-order valence-electron chi connectivity index (χ2n) is 2.85. The summed E-state index contributed by atoms with van der Waals surface area (Å²) in [6, 6.07) is 3.94. The number of aromatic nitrogens is 1. The van der Waals surface area contributed by atoms with Crippen LogP contribution in [0.1, 0.15) is 18.9 Å². The second-order valence-corrected chi connectivity index (χ2v) is 2.85. The quantitative estimate of drug-likeness (QED) is 0.699. The van der Waals surface area contributed by atoms with Crippen molar-refractivity contribution in [1.29, 1.82) is 0 Å². The molecule has 13 heavy (non-hydrogen) atoms. The Morgan fingerprint density at radius 1 is 1.54 bits per heavy atom. The minimum Gasteiger partial charge on any atom is -0.481 e. The van der Waals surface area contributed by atoms with Gasteiger partial charge in [0.1, 0.15) is 0 Å². The van der Waals surface area contributed by atoms with Crippen molar-refractivity contribution < 1.29 is 4.74 Å². The van der Waals surface area contributed by atoms with E-state index in [4.69, 9.17) is 4.74 Å². The molecule has 0 aromatic carbocycles. The molecule has 1 N–H and O–H groups in total. The van der Waals surface area contributed by atoms with Crippen molar-refractivity contribution in [1.82, 2.24) is 10.3 Å². The lowest BCUT2D eigenvalue weighted by Gasteiger charge is -2.06. The zero-order chi connectivity index (χ0) is 9.52. The van der Waals surface area contributed by atoms with Crippen LogP contribution < -0.4 is 10.1 Å². The van der Waals surface area contributed by atoms with Crippen molar-refractivity contribution in [2.75, 3.05) is 13.7 Å². The lowest BCUT2D eigenvalue weighted by molar-refractivity contribution is 0.390. The highest BCUT2D eigenvalue weighted by Crippen LogP contribution is 2.12. The van der Waals surface area contributed by atoms with E-state index in [0.717, 1.165) is 25.1 Å². The van der Waals surface area contributed by atoms with Gasteiger partial charge in [0.25, 0.3) is 0 Å². The van der Waals surface area contributed by atoms with Crippen molar-refractivity contribution >= 4 is 0 Å². The molecule has 0 spiro atoms. The topological polar surface area (TPSA) is 34.2 Å². The summed E-state index contributed by atoms with van der Waals surface area (Å²) in [7, 11) is 1.64. The number of hydrogen-bond acceptors (Lipinski definition) is 3. The number of nitrogens with zero attached hydrogens (tertiary/aromatic N) is 1. The van der Waals surface area contributed by atoms with Gasteiger partial charge in [-0.2, -0.15) is 0 Å². The monoisotopic (exact) mass is 180 g/mol. The van der Waals surface area contributed by atoms with Crippen LogP contribution in [0.3, 0.4) is 0 Å². The third-order valence-corrected chi connectivity index (χ3v) is 1.79. The van der Waals surface area contributed by atoms with E-state index in [9.17, 15) is 0 Å². The van der Waals surface area contributed by atoms with Crippen LogP contribution in [0.15, 0.2) is 18.3 Å². The van der Waals surface area contributed by atoms with E-state index in [0.29, 0.717) is 5.88 Å². The van der Waals surface area contributed by atoms with E-state index < -0.39 is 0 Å². The van der Waals surface area contributed by atoms with Gasteiger partial charge in [0.05, 0.1) is 7.11 Å². The molecule has 1 heterocycles. The van der Waals surface area contributed by atoms with Gasteiger partial charge >= 0.3 is 0 Å². The third-order valence-electron chi connectivity index (χ3n) is 1.79. The van der Waals surface area contributed by atoms with E-state index in [1.54, 1.807) is 13.3 Å². The van der Waals surface area contributed by atoms with E-state index in [1.807, 2.05) is 12.1 Å². The van der Waals surface area contributed by atoms with Gasteiger partial charge in [-0.15, -0.1) is 0 Å². The minimum absolute atomic E-state index is 0.714. The predicted molar refractivity (Wildman–Crippen MR) is 52.8 cm³/mol. The highest BCUT2D eigenvalue weighted by atomic mass is 16.5. The van der Waals surface area contributed by atoms with Crippen LogP contribution in [-0.4, -0.2) is 18.6 Å². The van der Waals surface area contributed by atoms with Crippen LogP contribution in [0.4, 0.5) is 0 Å². The fraction of sp³-hybridized carbons (Fsp3) is 0.500. The summed E-state index contributed by atoms with van der Waals surface area (Å²) in [6.07, 6.45) is 2.88. The number of pyridine rings is 1. The molecule has 0 fully saturated rings. The van der Waals surface area contributed by atoms with Gasteiger partial charge < -0.3 is 10.1 Å². The van der Waals surface area contributed by atoms with Gasteiger partial charge in [-0.25, -0.2) is 4.98 Å². The van der Waals surface area contributed by atoms with E-state index in [-0.39, 0.29) is 0 Å². The number of methoxy groups -OCH3 is 1. The molecule has 0 aliphatic rings. The van der Waals surface area contributed by atoms with Crippen LogP contribution in [0, 0.1) is 0 Å². The normalized spacial score (nSPS) is 10.0. The fourth-order valence-electron chi connectivity index (χ4n) is 1.14. The fourth-order valence-corrected chi connectivity index (χ4v) is 1.14. The first-order chi connectivity index (χ1) is 6.38. The molecule has 0 unspecified atom stereocenters. The van der Waals surface area contributed by atoms with Gasteiger partial charge in [0.15, 0.2) is 0 Å². The Morgan fingerprint density at radius 2 is 2.38 bits per heavy atom. The Hall–Kier alpha value is -1.09. The molecular weight excluding hydrogens is 164 g/mol. The molecule has 0 saturated heterocycles. The number of nitrogens with one attached hydrogen (secondary N) is 1. The van der Waals surface area contributed by atoms with Crippen molar-refractivity contribution in [2.24, 2.45) is 0 Å². The minimum atomic E-state index is 0.714. The molecule has 1 rings (SSSR count). The van der Waals surface area contributed by atoms with Crippen LogP contribution >= 0.6 is 0 Å². The molecule has 3 heteroatoms. The Balaban J connectivity index is 2.54. The average molecular weight is 180 g/mol. The molecule has 0 aliphatic carbocycles. The van der Waals surface area contributed by atoms with Gasteiger partial charge in [-0.05, 0) is 19.0 Å². The zero-order valence-electron chi connectivity index (χ0n) is 8.21. The first-order valence-electron chi connectivity index (χ1n) is 4.57. The first kappa shape index (κ1) is 9.99. The van der Waals surface area contributed by atoms with Gasteiger partial charge in [0, 0.05) is 18.3 Å². The zero-order valence-corrected chi connectivity index (χ0v) is 8.21. The lowest BCUT2D eigenvalue weighted by Crippen LogP contribution is -2.14. The molecule has 1 aromatic rings. The van der Waals surface area contributed by atoms with Crippen LogP contribution in [0.5, 0.6) is 5.88 Å². The van der Waals surface area contributed by atoms with Crippen molar-refractivity contribution in [3.63, 3.8) is 0 Å². The summed E-state index contributed by atoms with van der Waals surface area (Å²) in [5, 5.41) is 3.31. The molecule has 0 atom stereocenters. The number of ether oxygens (including phenoxy) is 1. The van der Waals surface area contributed by atoms with Gasteiger partial charge in [0.2, 0.25) is 5.88 Å². The van der Waals surface area contributed by atoms with E-state index in [1.165, 1.54) is 0 Å². The highest BCUT2D eigenvalue weighted by molar-refractivity contribution is 5.24. The van der Waals surface area contributed by atoms with Crippen LogP contribution in [0.2, 0.25) is 0 Å². The van der Waals surface area contributed by atoms with Crippen molar-refractivity contribution in [3.8, 4) is 5.88 Å². The number of hydrogen-bond donors (Lipinski definition) is 1. The van der Waals surface area contributed by atoms with Gasteiger partial charge in [-0.1, -0.05) is 13.0 Å². The summed E-state index contributed by atoms with van der Waals surface area (Å²) in [4.78, 5) is 4.11. The maximum atomic E-state index is 5.12. The first-order valence-corrected chi connectivity index (χ1v) is 4.57. The van der Waals surface area contributed by atoms with E-state index in [2.05, 4.69) is 17.2 Å². The summed E-state index contributed by atoms with van der Waals surface area (Å²) < 4.78 is 5.12. The van der Waals surface area contributed by atoms with Gasteiger partial charge in [-0.3, -0.25) is 0 Å². The average Bonchev–Trinajstić information content (AvgIpc) is 2.19. The van der Waals surface area contributed by atoms with Crippen LogP contribution in [0.25, 0.3) is 0 Å². The summed E-state index contributed by atoms with van der Waals surface area (Å²) in [6.45, 7) is 4.00.